The average molecular weight is 271 g/mol. The number of methoxy groups -OCH3 is 1. The fraction of sp³-hybridized carbons (Fsp3) is 0.750. The van der Waals surface area contributed by atoms with Gasteiger partial charge in [-0.3, -0.25) is 0 Å². The van der Waals surface area contributed by atoms with Crippen molar-refractivity contribution < 1.29 is 9.47 Å². The minimum absolute atomic E-state index is 0.643. The summed E-state index contributed by atoms with van der Waals surface area (Å²) in [6.07, 6.45) is 3.47. The van der Waals surface area contributed by atoms with Gasteiger partial charge >= 0.3 is 0 Å². The van der Waals surface area contributed by atoms with Crippen LogP contribution in [0.2, 0.25) is 0 Å². The Bertz CT molecular complexity index is 366. The fourth-order valence-electron chi connectivity index (χ4n) is 1.82. The van der Waals surface area contributed by atoms with E-state index >= 15 is 0 Å². The van der Waals surface area contributed by atoms with Crippen LogP contribution in [0.4, 0.5) is 10.8 Å². The molecular weight excluding hydrogens is 250 g/mol. The first-order valence-electron chi connectivity index (χ1n) is 6.38. The number of hydrogen-bond acceptors (Lipinski definition) is 6. The average Bonchev–Trinajstić information content (AvgIpc) is 3.13. The lowest BCUT2D eigenvalue weighted by Crippen LogP contribution is -2.08. The van der Waals surface area contributed by atoms with Crippen LogP contribution in [0.5, 0.6) is 0 Å². The number of hydrogen-bond donors (Lipinski definition) is 2. The highest BCUT2D eigenvalue weighted by Crippen LogP contribution is 2.47. The summed E-state index contributed by atoms with van der Waals surface area (Å²) in [7, 11) is 1.68. The van der Waals surface area contributed by atoms with Gasteiger partial charge in [0.25, 0.3) is 0 Å². The van der Waals surface area contributed by atoms with Crippen LogP contribution in [0.3, 0.4) is 0 Å². The van der Waals surface area contributed by atoms with Gasteiger partial charge in [-0.1, -0.05) is 0 Å². The van der Waals surface area contributed by atoms with E-state index in [2.05, 4.69) is 9.69 Å². The van der Waals surface area contributed by atoms with Gasteiger partial charge in [0, 0.05) is 25.8 Å². The number of nitrogens with one attached hydrogen (secondary N) is 1. The lowest BCUT2D eigenvalue weighted by molar-refractivity contribution is 0.0705. The molecule has 0 spiro atoms. The molecule has 0 atom stereocenters. The summed E-state index contributed by atoms with van der Waals surface area (Å²) in [5.41, 5.74) is 7.12. The second-order valence-corrected chi connectivity index (χ2v) is 5.24. The van der Waals surface area contributed by atoms with E-state index in [9.17, 15) is 0 Å². The van der Waals surface area contributed by atoms with E-state index < -0.39 is 0 Å². The Labute approximate surface area is 112 Å². The Morgan fingerprint density at radius 2 is 2.22 bits per heavy atom. The highest BCUT2D eigenvalue weighted by atomic mass is 32.1. The smallest absolute Gasteiger partial charge is 0.142 e. The van der Waals surface area contributed by atoms with Gasteiger partial charge in [0.1, 0.15) is 10.8 Å². The highest BCUT2D eigenvalue weighted by Gasteiger charge is 2.30. The van der Waals surface area contributed by atoms with E-state index in [4.69, 9.17) is 15.2 Å². The van der Waals surface area contributed by atoms with Crippen molar-refractivity contribution in [2.45, 2.75) is 25.2 Å². The van der Waals surface area contributed by atoms with E-state index in [1.807, 2.05) is 0 Å². The predicted molar refractivity (Wildman–Crippen MR) is 74.3 cm³/mol. The molecule has 1 aromatic heterocycles. The molecule has 102 valence electrons. The summed E-state index contributed by atoms with van der Waals surface area (Å²) < 4.78 is 14.5. The molecule has 1 aliphatic rings. The number of nitrogen functional groups attached to an aromatic ring is 1. The first-order valence-corrected chi connectivity index (χ1v) is 7.16. The van der Waals surface area contributed by atoms with Crippen molar-refractivity contribution in [3.63, 3.8) is 0 Å². The zero-order chi connectivity index (χ0) is 12.8. The monoisotopic (exact) mass is 271 g/mol. The van der Waals surface area contributed by atoms with Crippen LogP contribution in [0.15, 0.2) is 0 Å². The van der Waals surface area contributed by atoms with Crippen LogP contribution in [0.1, 0.15) is 30.7 Å². The van der Waals surface area contributed by atoms with Gasteiger partial charge in [-0.2, -0.15) is 4.37 Å². The quantitative estimate of drug-likeness (QED) is 0.673. The molecule has 0 saturated heterocycles. The zero-order valence-electron chi connectivity index (χ0n) is 10.8. The fourth-order valence-corrected chi connectivity index (χ4v) is 2.65. The molecule has 2 rings (SSSR count). The van der Waals surface area contributed by atoms with Gasteiger partial charge in [0.2, 0.25) is 0 Å². The first kappa shape index (κ1) is 13.6. The van der Waals surface area contributed by atoms with Crippen molar-refractivity contribution in [3.8, 4) is 0 Å². The largest absolute Gasteiger partial charge is 0.383 e. The number of aromatic nitrogens is 1. The molecule has 0 bridgehead atoms. The SMILES string of the molecule is COCCOCCCNc1snc(N)c1C1CC1. The van der Waals surface area contributed by atoms with Gasteiger partial charge in [-0.15, -0.1) is 0 Å². The summed E-state index contributed by atoms with van der Waals surface area (Å²) in [5.74, 6) is 1.35. The lowest BCUT2D eigenvalue weighted by Gasteiger charge is -2.07. The molecule has 18 heavy (non-hydrogen) atoms. The molecule has 1 saturated carbocycles. The van der Waals surface area contributed by atoms with E-state index in [-0.39, 0.29) is 0 Å². The Kier molecular flexibility index (Phi) is 5.22. The van der Waals surface area contributed by atoms with Gasteiger partial charge in [0.05, 0.1) is 13.2 Å². The Balaban J connectivity index is 1.64. The maximum Gasteiger partial charge on any atom is 0.142 e. The number of rotatable bonds is 9. The zero-order valence-corrected chi connectivity index (χ0v) is 11.6. The molecule has 1 heterocycles. The highest BCUT2D eigenvalue weighted by molar-refractivity contribution is 7.10. The lowest BCUT2D eigenvalue weighted by atomic mass is 10.2. The number of nitrogens with two attached hydrogens (primary N) is 1. The van der Waals surface area contributed by atoms with Crippen molar-refractivity contribution in [3.05, 3.63) is 5.56 Å². The molecule has 5 nitrogen and oxygen atoms in total. The van der Waals surface area contributed by atoms with Crippen LogP contribution in [0.25, 0.3) is 0 Å². The van der Waals surface area contributed by atoms with Crippen molar-refractivity contribution in [1.29, 1.82) is 0 Å². The van der Waals surface area contributed by atoms with E-state index in [0.29, 0.717) is 24.9 Å². The van der Waals surface area contributed by atoms with E-state index in [0.717, 1.165) is 24.6 Å². The van der Waals surface area contributed by atoms with Crippen molar-refractivity contribution in [1.82, 2.24) is 4.37 Å². The summed E-state index contributed by atoms with van der Waals surface area (Å²) in [6.45, 7) is 2.97. The number of nitrogens with zero attached hydrogens (tertiary/aromatic N) is 1. The second kappa shape index (κ2) is 6.92. The van der Waals surface area contributed by atoms with Gasteiger partial charge < -0.3 is 20.5 Å². The molecule has 1 aromatic rings. The van der Waals surface area contributed by atoms with Crippen LogP contribution in [-0.2, 0) is 9.47 Å². The summed E-state index contributed by atoms with van der Waals surface area (Å²) in [5, 5.41) is 4.56. The standard InChI is InChI=1S/C12H21N3O2S/c1-16-7-8-17-6-2-5-14-12-10(9-3-4-9)11(13)15-18-12/h9,14H,2-8H2,1H3,(H2,13,15). The first-order chi connectivity index (χ1) is 8.83. The Morgan fingerprint density at radius 3 is 2.94 bits per heavy atom. The van der Waals surface area contributed by atoms with Gasteiger partial charge in [0.15, 0.2) is 0 Å². The maximum atomic E-state index is 5.89. The van der Waals surface area contributed by atoms with Crippen molar-refractivity contribution in [2.24, 2.45) is 0 Å². The molecule has 0 unspecified atom stereocenters. The second-order valence-electron chi connectivity index (χ2n) is 4.47. The number of anilines is 2. The van der Waals surface area contributed by atoms with E-state index in [1.54, 1.807) is 7.11 Å². The Hall–Kier alpha value is -0.850. The molecule has 6 heteroatoms. The normalized spacial score (nSPS) is 14.9. The third-order valence-corrected chi connectivity index (χ3v) is 3.76. The minimum atomic E-state index is 0.643. The van der Waals surface area contributed by atoms with E-state index in [1.165, 1.54) is 29.9 Å². The molecule has 3 N–H and O–H groups in total. The van der Waals surface area contributed by atoms with Crippen LogP contribution >= 0.6 is 11.5 Å². The molecule has 1 aliphatic carbocycles. The summed E-state index contributed by atoms with van der Waals surface area (Å²) in [4.78, 5) is 0. The molecular formula is C12H21N3O2S. The predicted octanol–water partition coefficient (Wildman–Crippen LogP) is 2.07. The third-order valence-electron chi connectivity index (χ3n) is 2.92. The van der Waals surface area contributed by atoms with Crippen LogP contribution in [0, 0.1) is 0 Å². The molecule has 1 fully saturated rings. The molecule has 0 radical (unpaired) electrons. The van der Waals surface area contributed by atoms with Gasteiger partial charge in [-0.05, 0) is 36.7 Å². The van der Waals surface area contributed by atoms with Crippen molar-refractivity contribution in [2.75, 3.05) is 44.5 Å². The van der Waals surface area contributed by atoms with Crippen LogP contribution < -0.4 is 11.1 Å². The third kappa shape index (κ3) is 3.83. The molecule has 0 aliphatic heterocycles. The molecule has 0 amide bonds. The maximum absolute atomic E-state index is 5.89. The Morgan fingerprint density at radius 1 is 1.39 bits per heavy atom. The van der Waals surface area contributed by atoms with Crippen LogP contribution in [-0.4, -0.2) is 37.8 Å². The number of ether oxygens (including phenoxy) is 2. The van der Waals surface area contributed by atoms with Gasteiger partial charge in [-0.25, -0.2) is 0 Å². The molecule has 0 aromatic carbocycles. The minimum Gasteiger partial charge on any atom is -0.383 e. The summed E-state index contributed by atoms with van der Waals surface area (Å²) in [6, 6.07) is 0. The topological polar surface area (TPSA) is 69.4 Å². The van der Waals surface area contributed by atoms with Crippen molar-refractivity contribution >= 4 is 22.4 Å². The summed E-state index contributed by atoms with van der Waals surface area (Å²) >= 11 is 1.47.